The number of halogens is 2. The Kier molecular flexibility index (Phi) is 8.38. The minimum absolute atomic E-state index is 0.282. The average Bonchev–Trinajstić information content (AvgIpc) is 2.76. The largest absolute Gasteiger partial charge is 0.492 e. The Balaban J connectivity index is 1.41. The van der Waals surface area contributed by atoms with Crippen LogP contribution in [0.5, 0.6) is 5.75 Å². The number of rotatable bonds is 8. The van der Waals surface area contributed by atoms with Crippen LogP contribution < -0.4 is 15.4 Å². The van der Waals surface area contributed by atoms with Gasteiger partial charge in [-0.3, -0.25) is 9.88 Å². The number of aliphatic imine (C=N–C) groups is 1. The molecule has 1 aromatic heterocycles. The molecule has 2 aromatic rings. The number of hydrogen-bond donors (Lipinski definition) is 2. The molecule has 1 aliphatic rings. The predicted molar refractivity (Wildman–Crippen MR) is 114 cm³/mol. The Morgan fingerprint density at radius 3 is 2.73 bits per heavy atom. The zero-order chi connectivity index (χ0) is 21.2. The third kappa shape index (κ3) is 6.95. The third-order valence-corrected chi connectivity index (χ3v) is 4.91. The summed E-state index contributed by atoms with van der Waals surface area (Å²) in [5.74, 6) is -0.762. The Hall–Kier alpha value is -2.74. The van der Waals surface area contributed by atoms with E-state index in [0.717, 1.165) is 62.8 Å². The fourth-order valence-corrected chi connectivity index (χ4v) is 3.36. The van der Waals surface area contributed by atoms with Gasteiger partial charge in [0.2, 0.25) is 0 Å². The number of nitrogens with one attached hydrogen (secondary N) is 2. The fraction of sp³-hybridized carbons (Fsp3) is 0.455. The minimum Gasteiger partial charge on any atom is -0.492 e. The molecular formula is C22H29F2N5O. The van der Waals surface area contributed by atoms with E-state index in [2.05, 4.69) is 31.6 Å². The van der Waals surface area contributed by atoms with Crippen LogP contribution in [0.25, 0.3) is 0 Å². The van der Waals surface area contributed by atoms with Crippen molar-refractivity contribution in [3.05, 3.63) is 59.9 Å². The van der Waals surface area contributed by atoms with Crippen LogP contribution in [0.15, 0.2) is 47.6 Å². The molecule has 1 saturated heterocycles. The number of guanidine groups is 1. The quantitative estimate of drug-likeness (QED) is 0.393. The van der Waals surface area contributed by atoms with Gasteiger partial charge in [-0.25, -0.2) is 13.8 Å². The topological polar surface area (TPSA) is 61.8 Å². The number of nitrogens with zero attached hydrogens (tertiary/aromatic N) is 3. The number of piperidine rings is 1. The monoisotopic (exact) mass is 417 g/mol. The summed E-state index contributed by atoms with van der Waals surface area (Å²) < 4.78 is 31.6. The van der Waals surface area contributed by atoms with Crippen LogP contribution in [0.2, 0.25) is 0 Å². The van der Waals surface area contributed by atoms with Crippen LogP contribution in [0.4, 0.5) is 8.78 Å². The van der Waals surface area contributed by atoms with Gasteiger partial charge in [-0.1, -0.05) is 6.07 Å². The lowest BCUT2D eigenvalue weighted by molar-refractivity contribution is 0.196. The highest BCUT2D eigenvalue weighted by Crippen LogP contribution is 2.15. The SMILES string of the molecule is CCNC(=NCCOc1ccc(F)c(F)c1)NC1CCN(Cc2ccccn2)CC1. The lowest BCUT2D eigenvalue weighted by atomic mass is 10.0. The molecule has 0 atom stereocenters. The molecule has 162 valence electrons. The van der Waals surface area contributed by atoms with Crippen LogP contribution in [0.3, 0.4) is 0 Å². The summed E-state index contributed by atoms with van der Waals surface area (Å²) >= 11 is 0. The van der Waals surface area contributed by atoms with Gasteiger partial charge in [0.05, 0.1) is 12.2 Å². The molecule has 0 unspecified atom stereocenters. The van der Waals surface area contributed by atoms with Crippen molar-refractivity contribution in [2.45, 2.75) is 32.4 Å². The van der Waals surface area contributed by atoms with Crippen molar-refractivity contribution in [1.82, 2.24) is 20.5 Å². The van der Waals surface area contributed by atoms with E-state index in [0.29, 0.717) is 18.3 Å². The van der Waals surface area contributed by atoms with Crippen LogP contribution in [-0.4, -0.2) is 54.7 Å². The Bertz CT molecular complexity index is 810. The maximum absolute atomic E-state index is 13.2. The van der Waals surface area contributed by atoms with E-state index in [1.54, 1.807) is 0 Å². The Morgan fingerprint density at radius 1 is 1.20 bits per heavy atom. The number of likely N-dealkylation sites (tertiary alicyclic amines) is 1. The highest BCUT2D eigenvalue weighted by Gasteiger charge is 2.20. The van der Waals surface area contributed by atoms with Gasteiger partial charge in [-0.2, -0.15) is 0 Å². The van der Waals surface area contributed by atoms with Crippen molar-refractivity contribution in [1.29, 1.82) is 0 Å². The van der Waals surface area contributed by atoms with Crippen LogP contribution in [0, 0.1) is 11.6 Å². The molecule has 0 radical (unpaired) electrons. The standard InChI is InChI=1S/C22H29F2N5O/c1-2-25-22(27-11-14-30-19-6-7-20(23)21(24)15-19)28-17-8-12-29(13-9-17)16-18-5-3-4-10-26-18/h3-7,10,15,17H,2,8-9,11-14,16H2,1H3,(H2,25,27,28). The summed E-state index contributed by atoms with van der Waals surface area (Å²) in [5.41, 5.74) is 1.10. The van der Waals surface area contributed by atoms with Crippen LogP contribution >= 0.6 is 0 Å². The summed E-state index contributed by atoms with van der Waals surface area (Å²) in [6, 6.07) is 9.87. The Labute approximate surface area is 176 Å². The summed E-state index contributed by atoms with van der Waals surface area (Å²) in [6.07, 6.45) is 3.89. The van der Waals surface area contributed by atoms with Gasteiger partial charge in [0, 0.05) is 44.5 Å². The van der Waals surface area contributed by atoms with Crippen molar-refractivity contribution in [3.8, 4) is 5.75 Å². The summed E-state index contributed by atoms with van der Waals surface area (Å²) in [5, 5.41) is 6.73. The number of ether oxygens (including phenoxy) is 1. The molecule has 6 nitrogen and oxygen atoms in total. The van der Waals surface area contributed by atoms with Gasteiger partial charge in [0.1, 0.15) is 12.4 Å². The molecule has 0 spiro atoms. The summed E-state index contributed by atoms with van der Waals surface area (Å²) in [4.78, 5) is 11.3. The number of aromatic nitrogens is 1. The number of pyridine rings is 1. The zero-order valence-corrected chi connectivity index (χ0v) is 17.3. The first-order valence-electron chi connectivity index (χ1n) is 10.4. The molecule has 2 N–H and O–H groups in total. The second kappa shape index (κ2) is 11.4. The van der Waals surface area contributed by atoms with Crippen molar-refractivity contribution in [2.24, 2.45) is 4.99 Å². The molecule has 1 aliphatic heterocycles. The van der Waals surface area contributed by atoms with Gasteiger partial charge >= 0.3 is 0 Å². The first-order chi connectivity index (χ1) is 14.6. The smallest absolute Gasteiger partial charge is 0.191 e. The Morgan fingerprint density at radius 2 is 2.03 bits per heavy atom. The molecule has 3 rings (SSSR count). The molecule has 0 aliphatic carbocycles. The zero-order valence-electron chi connectivity index (χ0n) is 17.3. The van der Waals surface area contributed by atoms with E-state index in [4.69, 9.17) is 4.74 Å². The maximum Gasteiger partial charge on any atom is 0.191 e. The van der Waals surface area contributed by atoms with E-state index in [1.165, 1.54) is 6.07 Å². The van der Waals surface area contributed by atoms with Crippen LogP contribution in [-0.2, 0) is 6.54 Å². The van der Waals surface area contributed by atoms with E-state index in [9.17, 15) is 8.78 Å². The van der Waals surface area contributed by atoms with E-state index in [1.807, 2.05) is 25.3 Å². The lowest BCUT2D eigenvalue weighted by Gasteiger charge is -2.32. The van der Waals surface area contributed by atoms with Gasteiger partial charge in [0.25, 0.3) is 0 Å². The average molecular weight is 418 g/mol. The third-order valence-electron chi connectivity index (χ3n) is 4.91. The molecular weight excluding hydrogens is 388 g/mol. The summed E-state index contributed by atoms with van der Waals surface area (Å²) in [6.45, 7) is 6.36. The maximum atomic E-state index is 13.2. The fourth-order valence-electron chi connectivity index (χ4n) is 3.36. The van der Waals surface area contributed by atoms with E-state index >= 15 is 0 Å². The molecule has 1 aromatic carbocycles. The summed E-state index contributed by atoms with van der Waals surface area (Å²) in [7, 11) is 0. The normalized spacial score (nSPS) is 15.8. The molecule has 0 amide bonds. The van der Waals surface area contributed by atoms with E-state index < -0.39 is 11.6 Å². The second-order valence-electron chi connectivity index (χ2n) is 7.20. The number of benzene rings is 1. The predicted octanol–water partition coefficient (Wildman–Crippen LogP) is 2.96. The highest BCUT2D eigenvalue weighted by atomic mass is 19.2. The first kappa shape index (κ1) is 22.0. The molecule has 0 saturated carbocycles. The molecule has 8 heteroatoms. The first-order valence-corrected chi connectivity index (χ1v) is 10.4. The van der Waals surface area contributed by atoms with Crippen molar-refractivity contribution < 1.29 is 13.5 Å². The van der Waals surface area contributed by atoms with Gasteiger partial charge < -0.3 is 15.4 Å². The minimum atomic E-state index is -0.916. The van der Waals surface area contributed by atoms with Crippen LogP contribution in [0.1, 0.15) is 25.5 Å². The van der Waals surface area contributed by atoms with Gasteiger partial charge in [-0.05, 0) is 44.0 Å². The van der Waals surface area contributed by atoms with Crippen molar-refractivity contribution in [2.75, 3.05) is 32.8 Å². The highest BCUT2D eigenvalue weighted by molar-refractivity contribution is 5.80. The second-order valence-corrected chi connectivity index (χ2v) is 7.20. The molecule has 1 fully saturated rings. The van der Waals surface area contributed by atoms with E-state index in [-0.39, 0.29) is 6.61 Å². The van der Waals surface area contributed by atoms with Gasteiger partial charge in [0.15, 0.2) is 17.6 Å². The molecule has 0 bridgehead atoms. The molecule has 2 heterocycles. The lowest BCUT2D eigenvalue weighted by Crippen LogP contribution is -2.48. The number of hydrogen-bond acceptors (Lipinski definition) is 4. The van der Waals surface area contributed by atoms with Crippen molar-refractivity contribution >= 4 is 5.96 Å². The van der Waals surface area contributed by atoms with Crippen molar-refractivity contribution in [3.63, 3.8) is 0 Å². The molecule has 30 heavy (non-hydrogen) atoms. The van der Waals surface area contributed by atoms with Gasteiger partial charge in [-0.15, -0.1) is 0 Å².